The molecular weight excluding hydrogens is 273 g/mol. The maximum atomic E-state index is 12.8. The lowest BCUT2D eigenvalue weighted by molar-refractivity contribution is -0.307. The Morgan fingerprint density at radius 3 is 2.59 bits per heavy atom. The maximum absolute atomic E-state index is 12.8. The molecule has 0 aliphatic rings. The van der Waals surface area contributed by atoms with Gasteiger partial charge in [-0.1, -0.05) is 11.6 Å². The molecule has 8 heteroatoms. The summed E-state index contributed by atoms with van der Waals surface area (Å²) < 4.78 is 37.9. The van der Waals surface area contributed by atoms with Crippen LogP contribution in [-0.2, 0) is 14.8 Å². The third-order valence-electron chi connectivity index (χ3n) is 1.89. The molecule has 0 saturated heterocycles. The molecule has 0 heterocycles. The molecule has 0 radical (unpaired) electrons. The van der Waals surface area contributed by atoms with Crippen LogP contribution in [0.1, 0.15) is 6.92 Å². The van der Waals surface area contributed by atoms with Crippen molar-refractivity contribution in [3.8, 4) is 0 Å². The van der Waals surface area contributed by atoms with Crippen LogP contribution in [0.4, 0.5) is 4.39 Å². The molecule has 5 nitrogen and oxygen atoms in total. The van der Waals surface area contributed by atoms with Gasteiger partial charge in [0.15, 0.2) is 0 Å². The SMILES string of the molecule is CC(NS(=O)(=O)c1ccc(F)c(Cl)c1)C(=O)[O-]. The summed E-state index contributed by atoms with van der Waals surface area (Å²) in [6.07, 6.45) is 0. The fourth-order valence-corrected chi connectivity index (χ4v) is 2.46. The van der Waals surface area contributed by atoms with Crippen molar-refractivity contribution >= 4 is 27.6 Å². The van der Waals surface area contributed by atoms with Crippen LogP contribution < -0.4 is 9.83 Å². The minimum Gasteiger partial charge on any atom is -0.548 e. The van der Waals surface area contributed by atoms with Gasteiger partial charge in [-0.05, 0) is 25.1 Å². The summed E-state index contributed by atoms with van der Waals surface area (Å²) in [4.78, 5) is 10.1. The van der Waals surface area contributed by atoms with Gasteiger partial charge in [0.2, 0.25) is 10.0 Å². The van der Waals surface area contributed by atoms with Gasteiger partial charge < -0.3 is 9.90 Å². The van der Waals surface area contributed by atoms with Gasteiger partial charge in [0, 0.05) is 0 Å². The molecule has 0 spiro atoms. The van der Waals surface area contributed by atoms with E-state index in [1.807, 2.05) is 4.72 Å². The standard InChI is InChI=1S/C9H9ClFNO4S/c1-5(9(13)14)12-17(15,16)6-2-3-8(11)7(10)4-6/h2-5,12H,1H3,(H,13,14)/p-1. The van der Waals surface area contributed by atoms with Crippen molar-refractivity contribution in [2.45, 2.75) is 17.9 Å². The van der Waals surface area contributed by atoms with Crippen LogP contribution in [-0.4, -0.2) is 20.4 Å². The highest BCUT2D eigenvalue weighted by Gasteiger charge is 2.18. The van der Waals surface area contributed by atoms with E-state index in [1.165, 1.54) is 0 Å². The Labute approximate surface area is 102 Å². The lowest BCUT2D eigenvalue weighted by Gasteiger charge is -2.14. The highest BCUT2D eigenvalue weighted by atomic mass is 35.5. The highest BCUT2D eigenvalue weighted by Crippen LogP contribution is 2.19. The van der Waals surface area contributed by atoms with Crippen molar-refractivity contribution in [1.82, 2.24) is 4.72 Å². The molecule has 17 heavy (non-hydrogen) atoms. The molecule has 0 bridgehead atoms. The second-order valence-electron chi connectivity index (χ2n) is 3.24. The van der Waals surface area contributed by atoms with Gasteiger partial charge >= 0.3 is 0 Å². The van der Waals surface area contributed by atoms with Crippen LogP contribution >= 0.6 is 11.6 Å². The molecule has 1 rings (SSSR count). The summed E-state index contributed by atoms with van der Waals surface area (Å²) in [6, 6.07) is 1.34. The number of aliphatic carboxylic acids is 1. The molecule has 1 N–H and O–H groups in total. The summed E-state index contributed by atoms with van der Waals surface area (Å²) in [5.41, 5.74) is 0. The first-order chi connectivity index (χ1) is 7.74. The Kier molecular flexibility index (Phi) is 4.07. The van der Waals surface area contributed by atoms with E-state index >= 15 is 0 Å². The molecule has 1 aromatic carbocycles. The predicted octanol–water partition coefficient (Wildman–Crippen LogP) is -0.104. The second-order valence-corrected chi connectivity index (χ2v) is 5.36. The fraction of sp³-hybridized carbons (Fsp3) is 0.222. The smallest absolute Gasteiger partial charge is 0.241 e. The number of halogens is 2. The van der Waals surface area contributed by atoms with E-state index in [-0.39, 0.29) is 9.92 Å². The number of sulfonamides is 1. The number of carboxylic acids is 1. The Bertz CT molecular complexity index is 546. The van der Waals surface area contributed by atoms with Crippen molar-refractivity contribution < 1.29 is 22.7 Å². The zero-order valence-electron chi connectivity index (χ0n) is 8.61. The zero-order valence-corrected chi connectivity index (χ0v) is 10.2. The van der Waals surface area contributed by atoms with Gasteiger partial charge in [0.05, 0.1) is 21.9 Å². The summed E-state index contributed by atoms with van der Waals surface area (Å²) in [7, 11) is -4.07. The van der Waals surface area contributed by atoms with E-state index < -0.39 is 27.9 Å². The molecule has 0 amide bonds. The van der Waals surface area contributed by atoms with E-state index in [9.17, 15) is 22.7 Å². The van der Waals surface area contributed by atoms with Crippen molar-refractivity contribution in [3.05, 3.63) is 29.0 Å². The summed E-state index contributed by atoms with van der Waals surface area (Å²) >= 11 is 5.42. The molecule has 0 fully saturated rings. The van der Waals surface area contributed by atoms with Crippen molar-refractivity contribution in [3.63, 3.8) is 0 Å². The third kappa shape index (κ3) is 3.39. The number of carbonyl (C=O) groups excluding carboxylic acids is 1. The fourth-order valence-electron chi connectivity index (χ4n) is 0.993. The molecular formula is C9H8ClFNO4S-. The van der Waals surface area contributed by atoms with Crippen molar-refractivity contribution in [2.75, 3.05) is 0 Å². The Morgan fingerprint density at radius 2 is 2.12 bits per heavy atom. The van der Waals surface area contributed by atoms with Gasteiger partial charge in [-0.15, -0.1) is 0 Å². The van der Waals surface area contributed by atoms with Gasteiger partial charge in [0.1, 0.15) is 5.82 Å². The lowest BCUT2D eigenvalue weighted by atomic mass is 10.3. The maximum Gasteiger partial charge on any atom is 0.241 e. The Morgan fingerprint density at radius 1 is 1.53 bits per heavy atom. The molecule has 0 aliphatic carbocycles. The largest absolute Gasteiger partial charge is 0.548 e. The quantitative estimate of drug-likeness (QED) is 0.834. The number of carboxylic acid groups (broad SMARTS) is 1. The van der Waals surface area contributed by atoms with E-state index in [1.54, 1.807) is 0 Å². The van der Waals surface area contributed by atoms with Crippen LogP contribution in [0.5, 0.6) is 0 Å². The van der Waals surface area contributed by atoms with Crippen LogP contribution in [0.25, 0.3) is 0 Å². The van der Waals surface area contributed by atoms with Crippen LogP contribution in [0.3, 0.4) is 0 Å². The van der Waals surface area contributed by atoms with E-state index in [0.29, 0.717) is 0 Å². The summed E-state index contributed by atoms with van der Waals surface area (Å²) in [5.74, 6) is -2.33. The molecule has 1 atom stereocenters. The van der Waals surface area contributed by atoms with Crippen molar-refractivity contribution in [1.29, 1.82) is 0 Å². The average Bonchev–Trinajstić information content (AvgIpc) is 2.21. The third-order valence-corrected chi connectivity index (χ3v) is 3.71. The number of hydrogen-bond acceptors (Lipinski definition) is 4. The van der Waals surface area contributed by atoms with Gasteiger partial charge in [0.25, 0.3) is 0 Å². The summed E-state index contributed by atoms with van der Waals surface area (Å²) in [5, 5.41) is 10.0. The van der Waals surface area contributed by atoms with Crippen LogP contribution in [0, 0.1) is 5.82 Å². The lowest BCUT2D eigenvalue weighted by Crippen LogP contribution is -2.45. The monoisotopic (exact) mass is 280 g/mol. The van der Waals surface area contributed by atoms with E-state index in [2.05, 4.69) is 0 Å². The Hall–Kier alpha value is -1.18. The van der Waals surface area contributed by atoms with Crippen molar-refractivity contribution in [2.24, 2.45) is 0 Å². The highest BCUT2D eigenvalue weighted by molar-refractivity contribution is 7.89. The first-order valence-electron chi connectivity index (χ1n) is 4.42. The number of benzene rings is 1. The molecule has 1 unspecified atom stereocenters. The number of carbonyl (C=O) groups is 1. The average molecular weight is 281 g/mol. The zero-order chi connectivity index (χ0) is 13.2. The normalized spacial score (nSPS) is 13.4. The molecule has 94 valence electrons. The van der Waals surface area contributed by atoms with Crippen LogP contribution in [0.15, 0.2) is 23.1 Å². The minimum absolute atomic E-state index is 0.322. The predicted molar refractivity (Wildman–Crippen MR) is 56.2 cm³/mol. The molecule has 1 aromatic rings. The summed E-state index contributed by atoms with van der Waals surface area (Å²) in [6.45, 7) is 1.11. The second kappa shape index (κ2) is 4.99. The molecule has 0 aromatic heterocycles. The minimum atomic E-state index is -4.07. The Balaban J connectivity index is 3.05. The van der Waals surface area contributed by atoms with Gasteiger partial charge in [-0.3, -0.25) is 0 Å². The number of hydrogen-bond donors (Lipinski definition) is 1. The van der Waals surface area contributed by atoms with Gasteiger partial charge in [-0.25, -0.2) is 17.5 Å². The van der Waals surface area contributed by atoms with E-state index in [4.69, 9.17) is 11.6 Å². The van der Waals surface area contributed by atoms with Gasteiger partial charge in [-0.2, -0.15) is 0 Å². The van der Waals surface area contributed by atoms with E-state index in [0.717, 1.165) is 25.1 Å². The topological polar surface area (TPSA) is 86.3 Å². The molecule has 0 aliphatic heterocycles. The van der Waals surface area contributed by atoms with Crippen LogP contribution in [0.2, 0.25) is 5.02 Å². The first kappa shape index (κ1) is 13.9. The number of rotatable bonds is 4. The molecule has 0 saturated carbocycles. The number of nitrogens with one attached hydrogen (secondary N) is 1. The first-order valence-corrected chi connectivity index (χ1v) is 6.28.